The highest BCUT2D eigenvalue weighted by Gasteiger charge is 2.16. The summed E-state index contributed by atoms with van der Waals surface area (Å²) in [7, 11) is -1.87. The molecule has 0 saturated heterocycles. The number of pyridine rings is 2. The maximum Gasteiger partial charge on any atom is 0.192 e. The number of hydrogen-bond acceptors (Lipinski definition) is 6. The van der Waals surface area contributed by atoms with E-state index in [0.717, 1.165) is 28.6 Å². The van der Waals surface area contributed by atoms with Gasteiger partial charge in [-0.3, -0.25) is 4.40 Å². The topological polar surface area (TPSA) is 86.5 Å². The Balaban J connectivity index is 1.71. The highest BCUT2D eigenvalue weighted by Crippen LogP contribution is 2.29. The Hall–Kier alpha value is -3.33. The predicted molar refractivity (Wildman–Crippen MR) is 114 cm³/mol. The SMILES string of the molecule is COc1cccc(F)c1CCc1ccc(-c2cnc(S(C)(=O)=O)cc2C)c2nncn12. The van der Waals surface area contributed by atoms with E-state index >= 15 is 0 Å². The van der Waals surface area contributed by atoms with E-state index in [0.29, 0.717) is 29.8 Å². The van der Waals surface area contributed by atoms with Crippen LogP contribution >= 0.6 is 0 Å². The molecule has 0 spiro atoms. The second kappa shape index (κ2) is 8.07. The molecule has 0 bridgehead atoms. The highest BCUT2D eigenvalue weighted by atomic mass is 32.2. The second-order valence-corrected chi connectivity index (χ2v) is 9.26. The van der Waals surface area contributed by atoms with Crippen molar-refractivity contribution >= 4 is 15.5 Å². The summed E-state index contributed by atoms with van der Waals surface area (Å²) >= 11 is 0. The number of hydrogen-bond donors (Lipinski definition) is 0. The fraction of sp³-hybridized carbons (Fsp3) is 0.227. The van der Waals surface area contributed by atoms with E-state index in [4.69, 9.17) is 4.74 Å². The van der Waals surface area contributed by atoms with Gasteiger partial charge in [-0.2, -0.15) is 0 Å². The largest absolute Gasteiger partial charge is 0.496 e. The first-order valence-electron chi connectivity index (χ1n) is 9.59. The number of nitrogens with zero attached hydrogens (tertiary/aromatic N) is 4. The van der Waals surface area contributed by atoms with Crippen molar-refractivity contribution in [1.29, 1.82) is 0 Å². The molecule has 4 rings (SSSR count). The van der Waals surface area contributed by atoms with Crippen molar-refractivity contribution < 1.29 is 17.5 Å². The van der Waals surface area contributed by atoms with Crippen LogP contribution < -0.4 is 4.74 Å². The average molecular weight is 441 g/mol. The maximum atomic E-state index is 14.3. The zero-order chi connectivity index (χ0) is 22.2. The molecule has 1 aromatic carbocycles. The molecule has 0 atom stereocenters. The number of fused-ring (bicyclic) bond motifs is 1. The Bertz CT molecular complexity index is 1380. The molecule has 0 saturated carbocycles. The first kappa shape index (κ1) is 20.9. The first-order valence-corrected chi connectivity index (χ1v) is 11.5. The van der Waals surface area contributed by atoms with Crippen LogP contribution in [0, 0.1) is 12.7 Å². The quantitative estimate of drug-likeness (QED) is 0.457. The summed E-state index contributed by atoms with van der Waals surface area (Å²) in [4.78, 5) is 4.10. The minimum Gasteiger partial charge on any atom is -0.496 e. The van der Waals surface area contributed by atoms with Crippen molar-refractivity contribution in [2.24, 2.45) is 0 Å². The van der Waals surface area contributed by atoms with E-state index in [-0.39, 0.29) is 10.8 Å². The van der Waals surface area contributed by atoms with Crippen molar-refractivity contribution in [3.05, 3.63) is 71.6 Å². The molecule has 7 nitrogen and oxygen atoms in total. The van der Waals surface area contributed by atoms with Gasteiger partial charge in [0.15, 0.2) is 20.5 Å². The van der Waals surface area contributed by atoms with Gasteiger partial charge in [-0.05, 0) is 55.7 Å². The van der Waals surface area contributed by atoms with Crippen LogP contribution in [0.25, 0.3) is 16.8 Å². The predicted octanol–water partition coefficient (Wildman–Crippen LogP) is 3.44. The molecule has 0 unspecified atom stereocenters. The van der Waals surface area contributed by atoms with Gasteiger partial charge >= 0.3 is 0 Å². The van der Waals surface area contributed by atoms with Gasteiger partial charge in [0.25, 0.3) is 0 Å². The molecule has 0 aliphatic carbocycles. The smallest absolute Gasteiger partial charge is 0.192 e. The molecule has 4 aromatic rings. The van der Waals surface area contributed by atoms with Crippen LogP contribution in [-0.2, 0) is 22.7 Å². The molecule has 0 radical (unpaired) electrons. The molecular weight excluding hydrogens is 419 g/mol. The van der Waals surface area contributed by atoms with Crippen molar-refractivity contribution in [1.82, 2.24) is 19.6 Å². The highest BCUT2D eigenvalue weighted by molar-refractivity contribution is 7.90. The van der Waals surface area contributed by atoms with Gasteiger partial charge in [-0.15, -0.1) is 10.2 Å². The third-order valence-corrected chi connectivity index (χ3v) is 6.21. The lowest BCUT2D eigenvalue weighted by Crippen LogP contribution is -2.04. The summed E-state index contributed by atoms with van der Waals surface area (Å²) in [6.45, 7) is 1.83. The normalized spacial score (nSPS) is 11.7. The van der Waals surface area contributed by atoms with Crippen molar-refractivity contribution in [3.8, 4) is 16.9 Å². The van der Waals surface area contributed by atoms with E-state index in [1.165, 1.54) is 13.2 Å². The molecular formula is C22H21FN4O3S. The Labute approximate surface area is 179 Å². The monoisotopic (exact) mass is 440 g/mol. The van der Waals surface area contributed by atoms with Gasteiger partial charge in [0, 0.05) is 34.8 Å². The van der Waals surface area contributed by atoms with Gasteiger partial charge in [0.2, 0.25) is 0 Å². The second-order valence-electron chi connectivity index (χ2n) is 7.29. The Morgan fingerprint density at radius 2 is 1.94 bits per heavy atom. The van der Waals surface area contributed by atoms with Gasteiger partial charge in [0.05, 0.1) is 7.11 Å². The number of aromatic nitrogens is 4. The molecule has 9 heteroatoms. The van der Waals surface area contributed by atoms with E-state index in [1.54, 1.807) is 30.7 Å². The molecule has 0 N–H and O–H groups in total. The molecule has 0 amide bonds. The van der Waals surface area contributed by atoms with Gasteiger partial charge in [-0.1, -0.05) is 6.07 Å². The third kappa shape index (κ3) is 4.00. The van der Waals surface area contributed by atoms with Crippen LogP contribution in [0.2, 0.25) is 0 Å². The number of rotatable bonds is 6. The minimum absolute atomic E-state index is 0.0293. The van der Waals surface area contributed by atoms with Gasteiger partial charge < -0.3 is 4.74 Å². The molecule has 0 aliphatic heterocycles. The first-order chi connectivity index (χ1) is 14.8. The number of methoxy groups -OCH3 is 1. The van der Waals surface area contributed by atoms with E-state index < -0.39 is 9.84 Å². The minimum atomic E-state index is -3.39. The molecule has 31 heavy (non-hydrogen) atoms. The van der Waals surface area contributed by atoms with Gasteiger partial charge in [-0.25, -0.2) is 17.8 Å². The molecule has 0 fully saturated rings. The zero-order valence-electron chi connectivity index (χ0n) is 17.3. The Morgan fingerprint density at radius 3 is 2.65 bits per heavy atom. The molecule has 160 valence electrons. The molecule has 3 aromatic heterocycles. The summed E-state index contributed by atoms with van der Waals surface area (Å²) in [6.07, 6.45) is 5.28. The zero-order valence-corrected chi connectivity index (χ0v) is 18.1. The third-order valence-electron chi connectivity index (χ3n) is 5.22. The van der Waals surface area contributed by atoms with Crippen LogP contribution in [0.1, 0.15) is 16.8 Å². The number of sulfone groups is 1. The van der Waals surface area contributed by atoms with Crippen LogP contribution in [0.15, 0.2) is 53.9 Å². The maximum absolute atomic E-state index is 14.3. The Kier molecular flexibility index (Phi) is 5.45. The van der Waals surface area contributed by atoms with E-state index in [9.17, 15) is 12.8 Å². The molecule has 3 heterocycles. The van der Waals surface area contributed by atoms with Crippen LogP contribution in [0.5, 0.6) is 5.75 Å². The number of halogens is 1. The van der Waals surface area contributed by atoms with Crippen molar-refractivity contribution in [2.75, 3.05) is 13.4 Å². The number of ether oxygens (including phenoxy) is 1. The van der Waals surface area contributed by atoms with Crippen LogP contribution in [-0.4, -0.2) is 41.4 Å². The Morgan fingerprint density at radius 1 is 1.13 bits per heavy atom. The fourth-order valence-corrected chi connectivity index (χ4v) is 4.25. The van der Waals surface area contributed by atoms with E-state index in [2.05, 4.69) is 15.2 Å². The summed E-state index contributed by atoms with van der Waals surface area (Å²) < 4.78 is 45.0. The van der Waals surface area contributed by atoms with Crippen LogP contribution in [0.4, 0.5) is 4.39 Å². The summed E-state index contributed by atoms with van der Waals surface area (Å²) in [5, 5.41) is 8.31. The van der Waals surface area contributed by atoms with E-state index in [1.807, 2.05) is 23.5 Å². The summed E-state index contributed by atoms with van der Waals surface area (Å²) in [5.74, 6) is 0.216. The number of benzene rings is 1. The van der Waals surface area contributed by atoms with Gasteiger partial charge in [0.1, 0.15) is 17.9 Å². The lowest BCUT2D eigenvalue weighted by Gasteiger charge is -2.13. The number of aryl methyl sites for hydroxylation is 2. The molecule has 0 aliphatic rings. The van der Waals surface area contributed by atoms with Crippen molar-refractivity contribution in [3.63, 3.8) is 0 Å². The lowest BCUT2D eigenvalue weighted by atomic mass is 10.0. The lowest BCUT2D eigenvalue weighted by molar-refractivity contribution is 0.404. The summed E-state index contributed by atoms with van der Waals surface area (Å²) in [6, 6.07) is 10.2. The fourth-order valence-electron chi connectivity index (χ4n) is 3.62. The van der Waals surface area contributed by atoms with Crippen LogP contribution in [0.3, 0.4) is 0 Å². The summed E-state index contributed by atoms with van der Waals surface area (Å²) in [5.41, 5.74) is 4.38. The van der Waals surface area contributed by atoms with Crippen molar-refractivity contribution in [2.45, 2.75) is 24.8 Å². The standard InChI is InChI=1S/C22H21FN4O3S/c1-14-11-21(31(3,28)29)24-12-18(14)16-9-7-15(27-13-25-26-22(16)27)8-10-17-19(23)5-4-6-20(17)30-2/h4-7,9,11-13H,8,10H2,1-3H3. The average Bonchev–Trinajstić information content (AvgIpc) is 3.22.